The standard InChI is InChI=1S/C27H25NO4/c1-31-25-15-18(11-13-24(25)32-16-17-6-3-2-4-7-17)26-21-9-5-8-20(21)22-14-19(27(29)30)10-12-23(22)28-26/h2-8,10-15,20-21,26,28H,9,16H2,1H3,(H,29,30)/t20-,21+,26+/m1/s1. The molecule has 5 rings (SSSR count). The highest BCUT2D eigenvalue weighted by molar-refractivity contribution is 5.89. The molecule has 1 heterocycles. The number of carboxylic acids is 1. The Labute approximate surface area is 187 Å². The fourth-order valence-corrected chi connectivity index (χ4v) is 4.79. The van der Waals surface area contributed by atoms with Crippen molar-refractivity contribution < 1.29 is 19.4 Å². The van der Waals surface area contributed by atoms with Gasteiger partial charge >= 0.3 is 5.97 Å². The molecule has 1 aliphatic carbocycles. The van der Waals surface area contributed by atoms with Crippen molar-refractivity contribution in [2.75, 3.05) is 12.4 Å². The van der Waals surface area contributed by atoms with E-state index in [1.807, 2.05) is 48.5 Å². The Morgan fingerprint density at radius 2 is 1.91 bits per heavy atom. The van der Waals surface area contributed by atoms with Gasteiger partial charge in [0, 0.05) is 11.6 Å². The molecule has 0 unspecified atom stereocenters. The molecule has 0 amide bonds. The van der Waals surface area contributed by atoms with Crippen molar-refractivity contribution in [1.82, 2.24) is 0 Å². The molecule has 3 aromatic rings. The molecule has 1 aliphatic heterocycles. The molecule has 0 saturated carbocycles. The lowest BCUT2D eigenvalue weighted by Crippen LogP contribution is -2.29. The zero-order chi connectivity index (χ0) is 22.1. The van der Waals surface area contributed by atoms with Gasteiger partial charge in [0.25, 0.3) is 0 Å². The third-order valence-corrected chi connectivity index (χ3v) is 6.39. The van der Waals surface area contributed by atoms with Gasteiger partial charge in [-0.3, -0.25) is 0 Å². The summed E-state index contributed by atoms with van der Waals surface area (Å²) < 4.78 is 11.7. The van der Waals surface area contributed by atoms with Crippen LogP contribution in [-0.4, -0.2) is 18.2 Å². The van der Waals surface area contributed by atoms with Gasteiger partial charge in [-0.1, -0.05) is 48.6 Å². The van der Waals surface area contributed by atoms with Gasteiger partial charge in [-0.15, -0.1) is 0 Å². The molecular weight excluding hydrogens is 402 g/mol. The Bertz CT molecular complexity index is 1170. The molecule has 3 aromatic carbocycles. The maximum absolute atomic E-state index is 11.4. The lowest BCUT2D eigenvalue weighted by atomic mass is 9.76. The van der Waals surface area contributed by atoms with E-state index in [0.29, 0.717) is 29.6 Å². The van der Waals surface area contributed by atoms with E-state index in [1.165, 1.54) is 0 Å². The summed E-state index contributed by atoms with van der Waals surface area (Å²) in [6.07, 6.45) is 5.34. The summed E-state index contributed by atoms with van der Waals surface area (Å²) in [6.45, 7) is 0.478. The first-order valence-electron chi connectivity index (χ1n) is 10.8. The maximum atomic E-state index is 11.4. The van der Waals surface area contributed by atoms with Gasteiger partial charge in [0.2, 0.25) is 0 Å². The van der Waals surface area contributed by atoms with E-state index >= 15 is 0 Å². The number of aromatic carboxylic acids is 1. The summed E-state index contributed by atoms with van der Waals surface area (Å²) in [4.78, 5) is 11.4. The number of rotatable bonds is 6. The van der Waals surface area contributed by atoms with Crippen LogP contribution in [0.2, 0.25) is 0 Å². The highest BCUT2D eigenvalue weighted by Crippen LogP contribution is 2.50. The molecule has 5 nitrogen and oxygen atoms in total. The number of carboxylic acid groups (broad SMARTS) is 1. The van der Waals surface area contributed by atoms with Crippen molar-refractivity contribution in [2.24, 2.45) is 5.92 Å². The monoisotopic (exact) mass is 427 g/mol. The molecule has 162 valence electrons. The quantitative estimate of drug-likeness (QED) is 0.487. The average molecular weight is 428 g/mol. The van der Waals surface area contributed by atoms with Crippen LogP contribution in [0.4, 0.5) is 5.69 Å². The summed E-state index contributed by atoms with van der Waals surface area (Å²) >= 11 is 0. The van der Waals surface area contributed by atoms with Gasteiger partial charge in [-0.2, -0.15) is 0 Å². The molecule has 0 aromatic heterocycles. The van der Waals surface area contributed by atoms with Crippen molar-refractivity contribution >= 4 is 11.7 Å². The van der Waals surface area contributed by atoms with E-state index in [0.717, 1.165) is 28.8 Å². The number of methoxy groups -OCH3 is 1. The van der Waals surface area contributed by atoms with Crippen LogP contribution in [0.3, 0.4) is 0 Å². The van der Waals surface area contributed by atoms with Crippen LogP contribution in [0.15, 0.2) is 78.9 Å². The minimum absolute atomic E-state index is 0.0928. The van der Waals surface area contributed by atoms with Crippen molar-refractivity contribution in [1.29, 1.82) is 0 Å². The highest BCUT2D eigenvalue weighted by Gasteiger charge is 2.38. The van der Waals surface area contributed by atoms with Gasteiger partial charge in [0.05, 0.1) is 18.7 Å². The predicted octanol–water partition coefficient (Wildman–Crippen LogP) is 5.80. The Balaban J connectivity index is 1.42. The minimum atomic E-state index is -0.899. The van der Waals surface area contributed by atoms with E-state index in [4.69, 9.17) is 9.47 Å². The zero-order valence-electron chi connectivity index (χ0n) is 17.8. The Morgan fingerprint density at radius 3 is 2.69 bits per heavy atom. The molecule has 0 fully saturated rings. The number of ether oxygens (including phenoxy) is 2. The van der Waals surface area contributed by atoms with Gasteiger partial charge in [0.15, 0.2) is 11.5 Å². The summed E-state index contributed by atoms with van der Waals surface area (Å²) in [5.41, 5.74) is 4.58. The molecule has 2 aliphatic rings. The largest absolute Gasteiger partial charge is 0.493 e. The first kappa shape index (κ1) is 20.2. The summed E-state index contributed by atoms with van der Waals surface area (Å²) in [6, 6.07) is 21.6. The topological polar surface area (TPSA) is 67.8 Å². The fraction of sp³-hybridized carbons (Fsp3) is 0.222. The average Bonchev–Trinajstić information content (AvgIpc) is 3.33. The van der Waals surface area contributed by atoms with E-state index in [-0.39, 0.29) is 12.0 Å². The van der Waals surface area contributed by atoms with E-state index < -0.39 is 5.97 Å². The van der Waals surface area contributed by atoms with E-state index in [2.05, 4.69) is 23.5 Å². The van der Waals surface area contributed by atoms with Crippen LogP contribution in [0, 0.1) is 5.92 Å². The normalized spacial score (nSPS) is 20.7. The van der Waals surface area contributed by atoms with E-state index in [9.17, 15) is 9.90 Å². The molecule has 0 bridgehead atoms. The smallest absolute Gasteiger partial charge is 0.335 e. The number of fused-ring (bicyclic) bond motifs is 3. The second-order valence-corrected chi connectivity index (χ2v) is 8.27. The fourth-order valence-electron chi connectivity index (χ4n) is 4.79. The van der Waals surface area contributed by atoms with Crippen LogP contribution in [-0.2, 0) is 6.61 Å². The minimum Gasteiger partial charge on any atom is -0.493 e. The third-order valence-electron chi connectivity index (χ3n) is 6.39. The Morgan fingerprint density at radius 1 is 1.06 bits per heavy atom. The second kappa shape index (κ2) is 8.42. The number of benzene rings is 3. The molecule has 0 spiro atoms. The number of hydrogen-bond donors (Lipinski definition) is 2. The zero-order valence-corrected chi connectivity index (χ0v) is 17.8. The molecule has 0 radical (unpaired) electrons. The SMILES string of the molecule is COc1cc([C@@H]2Nc3ccc(C(=O)O)cc3[C@@H]3C=CC[C@@H]32)ccc1OCc1ccccc1. The van der Waals surface area contributed by atoms with Gasteiger partial charge < -0.3 is 19.9 Å². The predicted molar refractivity (Wildman–Crippen MR) is 124 cm³/mol. The summed E-state index contributed by atoms with van der Waals surface area (Å²) in [5.74, 6) is 1.02. The highest BCUT2D eigenvalue weighted by atomic mass is 16.5. The summed E-state index contributed by atoms with van der Waals surface area (Å²) in [7, 11) is 1.66. The number of allylic oxidation sites excluding steroid dienone is 2. The molecule has 0 saturated heterocycles. The van der Waals surface area contributed by atoms with Gasteiger partial charge in [-0.25, -0.2) is 4.79 Å². The third kappa shape index (κ3) is 3.71. The van der Waals surface area contributed by atoms with Crippen LogP contribution in [0.25, 0.3) is 0 Å². The number of anilines is 1. The van der Waals surface area contributed by atoms with Crippen molar-refractivity contribution in [3.05, 3.63) is 101 Å². The van der Waals surface area contributed by atoms with Crippen LogP contribution >= 0.6 is 0 Å². The number of nitrogens with one attached hydrogen (secondary N) is 1. The van der Waals surface area contributed by atoms with Gasteiger partial charge in [0.1, 0.15) is 6.61 Å². The van der Waals surface area contributed by atoms with Crippen molar-refractivity contribution in [3.8, 4) is 11.5 Å². The number of hydrogen-bond acceptors (Lipinski definition) is 4. The first-order chi connectivity index (χ1) is 15.6. The second-order valence-electron chi connectivity index (χ2n) is 8.27. The van der Waals surface area contributed by atoms with Crippen LogP contribution in [0.5, 0.6) is 11.5 Å². The van der Waals surface area contributed by atoms with Crippen LogP contribution in [0.1, 0.15) is 45.4 Å². The summed E-state index contributed by atoms with van der Waals surface area (Å²) in [5, 5.41) is 13.0. The molecule has 3 atom stereocenters. The van der Waals surface area contributed by atoms with Crippen molar-refractivity contribution in [2.45, 2.75) is 25.0 Å². The number of carbonyl (C=O) groups is 1. The molecule has 2 N–H and O–H groups in total. The Hall–Kier alpha value is -3.73. The molecular formula is C27H25NO4. The van der Waals surface area contributed by atoms with Crippen LogP contribution < -0.4 is 14.8 Å². The maximum Gasteiger partial charge on any atom is 0.335 e. The lowest BCUT2D eigenvalue weighted by molar-refractivity contribution is 0.0696. The Kier molecular flexibility index (Phi) is 5.31. The van der Waals surface area contributed by atoms with E-state index in [1.54, 1.807) is 19.2 Å². The molecule has 5 heteroatoms. The van der Waals surface area contributed by atoms with Crippen molar-refractivity contribution in [3.63, 3.8) is 0 Å². The first-order valence-corrected chi connectivity index (χ1v) is 10.8. The molecule has 32 heavy (non-hydrogen) atoms. The van der Waals surface area contributed by atoms with Gasteiger partial charge in [-0.05, 0) is 59.4 Å². The lowest BCUT2D eigenvalue weighted by Gasteiger charge is -2.37.